The lowest BCUT2D eigenvalue weighted by Gasteiger charge is -2.16. The first kappa shape index (κ1) is 15.3. The average Bonchev–Trinajstić information content (AvgIpc) is 2.38. The Hall–Kier alpha value is -1.71. The Morgan fingerprint density at radius 2 is 2.05 bits per heavy atom. The molecule has 0 saturated heterocycles. The topological polar surface area (TPSA) is 50.4 Å². The van der Waals surface area contributed by atoms with Gasteiger partial charge in [0.2, 0.25) is 0 Å². The van der Waals surface area contributed by atoms with Crippen molar-refractivity contribution in [1.82, 2.24) is 10.6 Å². The van der Waals surface area contributed by atoms with E-state index in [1.165, 1.54) is 11.1 Å². The van der Waals surface area contributed by atoms with Crippen LogP contribution < -0.4 is 15.4 Å². The van der Waals surface area contributed by atoms with Crippen LogP contribution in [0.1, 0.15) is 31.4 Å². The van der Waals surface area contributed by atoms with Gasteiger partial charge in [0.25, 0.3) is 0 Å². The summed E-state index contributed by atoms with van der Waals surface area (Å²) < 4.78 is 5.67. The van der Waals surface area contributed by atoms with Crippen molar-refractivity contribution in [1.29, 1.82) is 0 Å². The summed E-state index contributed by atoms with van der Waals surface area (Å²) in [5.74, 6) is 0.839. The first-order valence-corrected chi connectivity index (χ1v) is 6.77. The van der Waals surface area contributed by atoms with Crippen LogP contribution in [0.2, 0.25) is 0 Å². The van der Waals surface area contributed by atoms with Crippen molar-refractivity contribution >= 4 is 6.03 Å². The molecule has 0 aliphatic heterocycles. The van der Waals surface area contributed by atoms with E-state index in [1.54, 1.807) is 0 Å². The number of hydrogen-bond acceptors (Lipinski definition) is 2. The van der Waals surface area contributed by atoms with Gasteiger partial charge in [-0.25, -0.2) is 4.79 Å². The highest BCUT2D eigenvalue weighted by atomic mass is 16.5. The van der Waals surface area contributed by atoms with Gasteiger partial charge in [-0.2, -0.15) is 0 Å². The van der Waals surface area contributed by atoms with Crippen LogP contribution in [-0.4, -0.2) is 25.2 Å². The molecule has 2 amide bonds. The van der Waals surface area contributed by atoms with Gasteiger partial charge in [0.1, 0.15) is 12.4 Å². The fourth-order valence-electron chi connectivity index (χ4n) is 1.58. The Balaban J connectivity index is 2.35. The number of amides is 2. The second kappa shape index (κ2) is 7.67. The number of carbonyl (C=O) groups excluding carboxylic acids is 1. The second-order valence-corrected chi connectivity index (χ2v) is 4.86. The van der Waals surface area contributed by atoms with Gasteiger partial charge in [0.05, 0.1) is 6.04 Å². The highest BCUT2D eigenvalue weighted by Gasteiger charge is 2.07. The number of carbonyl (C=O) groups is 1. The van der Waals surface area contributed by atoms with Crippen molar-refractivity contribution in [3.63, 3.8) is 0 Å². The molecule has 0 aliphatic rings. The van der Waals surface area contributed by atoms with Crippen LogP contribution in [0, 0.1) is 13.8 Å². The molecule has 0 bridgehead atoms. The van der Waals surface area contributed by atoms with E-state index < -0.39 is 0 Å². The third-order valence-electron chi connectivity index (χ3n) is 2.89. The number of hydrogen-bond donors (Lipinski definition) is 2. The maximum atomic E-state index is 11.4. The molecule has 0 aliphatic carbocycles. The molecule has 4 nitrogen and oxygen atoms in total. The molecule has 0 saturated carbocycles. The van der Waals surface area contributed by atoms with Gasteiger partial charge in [-0.1, -0.05) is 13.0 Å². The predicted octanol–water partition coefficient (Wildman–Crippen LogP) is 2.78. The first-order chi connectivity index (χ1) is 9.02. The zero-order valence-corrected chi connectivity index (χ0v) is 12.2. The van der Waals surface area contributed by atoms with E-state index >= 15 is 0 Å². The quantitative estimate of drug-likeness (QED) is 0.830. The minimum absolute atomic E-state index is 0.0292. The molecule has 19 heavy (non-hydrogen) atoms. The molecule has 1 atom stereocenters. The lowest BCUT2D eigenvalue weighted by molar-refractivity contribution is 0.226. The lowest BCUT2D eigenvalue weighted by atomic mass is 10.1. The fraction of sp³-hybridized carbons (Fsp3) is 0.533. The zero-order valence-electron chi connectivity index (χ0n) is 12.2. The molecule has 106 valence electrons. The van der Waals surface area contributed by atoms with Crippen molar-refractivity contribution in [2.75, 3.05) is 13.2 Å². The van der Waals surface area contributed by atoms with E-state index in [0.717, 1.165) is 12.2 Å². The molecule has 0 spiro atoms. The zero-order chi connectivity index (χ0) is 14.3. The molecular formula is C15H24N2O2. The van der Waals surface area contributed by atoms with Gasteiger partial charge in [0.15, 0.2) is 0 Å². The van der Waals surface area contributed by atoms with Crippen LogP contribution in [0.15, 0.2) is 18.2 Å². The van der Waals surface area contributed by atoms with E-state index in [2.05, 4.69) is 24.5 Å². The number of rotatable bonds is 6. The minimum atomic E-state index is -0.141. The standard InChI is InChI=1S/C15H24N2O2/c1-5-8-16-15(18)17-13(4)10-19-14-7-6-11(2)12(3)9-14/h6-7,9,13H,5,8,10H2,1-4H3,(H2,16,17,18)/t13-/m0/s1. The highest BCUT2D eigenvalue weighted by Crippen LogP contribution is 2.16. The fourth-order valence-corrected chi connectivity index (χ4v) is 1.58. The Labute approximate surface area is 115 Å². The third-order valence-corrected chi connectivity index (χ3v) is 2.89. The Bertz CT molecular complexity index is 419. The van der Waals surface area contributed by atoms with Crippen LogP contribution in [0.3, 0.4) is 0 Å². The normalized spacial score (nSPS) is 11.8. The van der Waals surface area contributed by atoms with Gasteiger partial charge in [-0.3, -0.25) is 0 Å². The molecule has 0 heterocycles. The van der Waals surface area contributed by atoms with Crippen LogP contribution in [-0.2, 0) is 0 Å². The summed E-state index contributed by atoms with van der Waals surface area (Å²) in [6.45, 7) is 9.22. The Morgan fingerprint density at radius 3 is 2.68 bits per heavy atom. The first-order valence-electron chi connectivity index (χ1n) is 6.77. The van der Waals surface area contributed by atoms with E-state index in [4.69, 9.17) is 4.74 Å². The number of aryl methyl sites for hydroxylation is 2. The molecule has 0 aromatic heterocycles. The lowest BCUT2D eigenvalue weighted by Crippen LogP contribution is -2.43. The van der Waals surface area contributed by atoms with Crippen LogP contribution in [0.25, 0.3) is 0 Å². The van der Waals surface area contributed by atoms with Gasteiger partial charge < -0.3 is 15.4 Å². The van der Waals surface area contributed by atoms with Gasteiger partial charge >= 0.3 is 6.03 Å². The Morgan fingerprint density at radius 1 is 1.32 bits per heavy atom. The summed E-state index contributed by atoms with van der Waals surface area (Å²) >= 11 is 0. The summed E-state index contributed by atoms with van der Waals surface area (Å²) in [7, 11) is 0. The number of ether oxygens (including phenoxy) is 1. The van der Waals surface area contributed by atoms with Gasteiger partial charge in [-0.15, -0.1) is 0 Å². The number of urea groups is 1. The van der Waals surface area contributed by atoms with Crippen molar-refractivity contribution in [3.8, 4) is 5.75 Å². The predicted molar refractivity (Wildman–Crippen MR) is 77.7 cm³/mol. The molecule has 1 aromatic carbocycles. The maximum absolute atomic E-state index is 11.4. The van der Waals surface area contributed by atoms with Gasteiger partial charge in [0, 0.05) is 6.54 Å². The van der Waals surface area contributed by atoms with Crippen LogP contribution in [0.4, 0.5) is 4.79 Å². The molecule has 1 aromatic rings. The summed E-state index contributed by atoms with van der Waals surface area (Å²) in [6.07, 6.45) is 0.931. The maximum Gasteiger partial charge on any atom is 0.315 e. The number of benzene rings is 1. The van der Waals surface area contributed by atoms with E-state index in [1.807, 2.05) is 32.0 Å². The molecule has 0 fully saturated rings. The third kappa shape index (κ3) is 5.64. The monoisotopic (exact) mass is 264 g/mol. The molecule has 2 N–H and O–H groups in total. The molecule has 1 rings (SSSR count). The smallest absolute Gasteiger partial charge is 0.315 e. The largest absolute Gasteiger partial charge is 0.491 e. The highest BCUT2D eigenvalue weighted by molar-refractivity contribution is 5.74. The van der Waals surface area contributed by atoms with Crippen LogP contribution >= 0.6 is 0 Å². The van der Waals surface area contributed by atoms with E-state index in [0.29, 0.717) is 13.2 Å². The van der Waals surface area contributed by atoms with Gasteiger partial charge in [-0.05, 0) is 50.5 Å². The van der Waals surface area contributed by atoms with Crippen molar-refractivity contribution in [3.05, 3.63) is 29.3 Å². The Kier molecular flexibility index (Phi) is 6.19. The van der Waals surface area contributed by atoms with E-state index in [-0.39, 0.29) is 12.1 Å². The summed E-state index contributed by atoms with van der Waals surface area (Å²) in [5.41, 5.74) is 2.45. The molecule has 0 radical (unpaired) electrons. The molecular weight excluding hydrogens is 240 g/mol. The summed E-state index contributed by atoms with van der Waals surface area (Å²) in [6, 6.07) is 5.83. The van der Waals surface area contributed by atoms with E-state index in [9.17, 15) is 4.79 Å². The average molecular weight is 264 g/mol. The van der Waals surface area contributed by atoms with Crippen molar-refractivity contribution in [2.24, 2.45) is 0 Å². The molecule has 0 unspecified atom stereocenters. The summed E-state index contributed by atoms with van der Waals surface area (Å²) in [4.78, 5) is 11.4. The van der Waals surface area contributed by atoms with Crippen molar-refractivity contribution in [2.45, 2.75) is 40.2 Å². The van der Waals surface area contributed by atoms with Crippen LogP contribution in [0.5, 0.6) is 5.75 Å². The second-order valence-electron chi connectivity index (χ2n) is 4.86. The number of nitrogens with one attached hydrogen (secondary N) is 2. The summed E-state index contributed by atoms with van der Waals surface area (Å²) in [5, 5.41) is 5.61. The van der Waals surface area contributed by atoms with Crippen molar-refractivity contribution < 1.29 is 9.53 Å². The molecule has 4 heteroatoms. The minimum Gasteiger partial charge on any atom is -0.491 e. The SMILES string of the molecule is CCCNC(=O)N[C@@H](C)COc1ccc(C)c(C)c1.